The van der Waals surface area contributed by atoms with Crippen molar-refractivity contribution in [1.29, 1.82) is 0 Å². The van der Waals surface area contributed by atoms with Crippen LogP contribution in [0.5, 0.6) is 0 Å². The number of nitrogens with one attached hydrogen (secondary N) is 2. The summed E-state index contributed by atoms with van der Waals surface area (Å²) in [5.41, 5.74) is 5.35. The van der Waals surface area contributed by atoms with E-state index in [0.717, 1.165) is 0 Å². The smallest absolute Gasteiger partial charge is 0.258 e. The Hall–Kier alpha value is -4.15. The highest BCUT2D eigenvalue weighted by molar-refractivity contribution is 5.83. The predicted octanol–water partition coefficient (Wildman–Crippen LogP) is 2.17. The number of hydrogen-bond acceptors (Lipinski definition) is 7. The van der Waals surface area contributed by atoms with Crippen LogP contribution in [0.3, 0.4) is 0 Å². The van der Waals surface area contributed by atoms with Gasteiger partial charge in [-0.2, -0.15) is 10.2 Å². The van der Waals surface area contributed by atoms with Crippen molar-refractivity contribution in [2.24, 2.45) is 10.2 Å². The van der Waals surface area contributed by atoms with E-state index in [1.54, 1.807) is 0 Å². The normalized spacial score (nSPS) is 10.8. The third kappa shape index (κ3) is 5.49. The number of nitro benzene ring substituents is 2. The maximum absolute atomic E-state index is 11.5. The molecule has 0 aliphatic carbocycles. The van der Waals surface area contributed by atoms with Gasteiger partial charge < -0.3 is 0 Å². The number of rotatable bonds is 6. The highest BCUT2D eigenvalue weighted by Crippen LogP contribution is 2.11. The zero-order valence-corrected chi connectivity index (χ0v) is 13.1. The number of amides is 2. The molecule has 0 saturated heterocycles. The first-order valence-electron chi connectivity index (χ1n) is 7.07. The fourth-order valence-corrected chi connectivity index (χ4v) is 1.72. The summed E-state index contributed by atoms with van der Waals surface area (Å²) in [6.45, 7) is 0. The fourth-order valence-electron chi connectivity index (χ4n) is 1.72. The summed E-state index contributed by atoms with van der Waals surface area (Å²) in [5.74, 6) is 0. The third-order valence-corrected chi connectivity index (χ3v) is 2.97. The molecule has 0 saturated carbocycles. The van der Waals surface area contributed by atoms with E-state index in [0.29, 0.717) is 11.1 Å². The number of nitro groups is 2. The molecule has 0 aromatic heterocycles. The van der Waals surface area contributed by atoms with E-state index >= 15 is 0 Å². The van der Waals surface area contributed by atoms with Gasteiger partial charge in [0.1, 0.15) is 0 Å². The molecular weight excluding hydrogens is 344 g/mol. The molecule has 0 aliphatic heterocycles. The van der Waals surface area contributed by atoms with Crippen molar-refractivity contribution in [3.63, 3.8) is 0 Å². The molecule has 2 aromatic carbocycles. The van der Waals surface area contributed by atoms with E-state index in [1.165, 1.54) is 61.0 Å². The zero-order valence-electron chi connectivity index (χ0n) is 13.1. The van der Waals surface area contributed by atoms with Crippen LogP contribution in [0, 0.1) is 20.2 Å². The third-order valence-electron chi connectivity index (χ3n) is 2.97. The Balaban J connectivity index is 1.81. The number of nitrogens with zero attached hydrogens (tertiary/aromatic N) is 4. The predicted molar refractivity (Wildman–Crippen MR) is 93.0 cm³/mol. The molecule has 0 unspecified atom stereocenters. The van der Waals surface area contributed by atoms with Gasteiger partial charge in [0, 0.05) is 24.3 Å². The lowest BCUT2D eigenvalue weighted by atomic mass is 10.2. The molecule has 0 heterocycles. The van der Waals surface area contributed by atoms with Gasteiger partial charge in [0.15, 0.2) is 0 Å². The Morgan fingerprint density at radius 1 is 0.769 bits per heavy atom. The maximum atomic E-state index is 11.5. The first kappa shape index (κ1) is 18.2. The average Bonchev–Trinajstić information content (AvgIpc) is 2.62. The average molecular weight is 356 g/mol. The van der Waals surface area contributed by atoms with Crippen LogP contribution in [0.15, 0.2) is 58.7 Å². The summed E-state index contributed by atoms with van der Waals surface area (Å²) in [5, 5.41) is 28.4. The molecule has 2 aromatic rings. The molecule has 132 valence electrons. The molecule has 0 fully saturated rings. The zero-order chi connectivity index (χ0) is 18.9. The Morgan fingerprint density at radius 3 is 1.42 bits per heavy atom. The molecule has 0 aliphatic rings. The Bertz CT molecular complexity index is 790. The second-order valence-electron chi connectivity index (χ2n) is 4.77. The maximum Gasteiger partial charge on any atom is 0.355 e. The summed E-state index contributed by atoms with van der Waals surface area (Å²) in [6, 6.07) is 10.5. The first-order valence-corrected chi connectivity index (χ1v) is 7.07. The Morgan fingerprint density at radius 2 is 1.12 bits per heavy atom. The van der Waals surface area contributed by atoms with E-state index in [4.69, 9.17) is 0 Å². The molecule has 11 nitrogen and oxygen atoms in total. The van der Waals surface area contributed by atoms with Crippen molar-refractivity contribution < 1.29 is 14.6 Å². The first-order chi connectivity index (χ1) is 12.5. The molecule has 0 bridgehead atoms. The number of benzene rings is 2. The van der Waals surface area contributed by atoms with Crippen LogP contribution in [-0.2, 0) is 0 Å². The Labute approximate surface area is 146 Å². The quantitative estimate of drug-likeness (QED) is 0.461. The van der Waals surface area contributed by atoms with Crippen LogP contribution in [0.25, 0.3) is 0 Å². The minimum Gasteiger partial charge on any atom is -0.258 e. The molecule has 0 radical (unpaired) electrons. The molecule has 2 N–H and O–H groups in total. The minimum absolute atomic E-state index is 0.0477. The summed E-state index contributed by atoms with van der Waals surface area (Å²) in [7, 11) is 0. The number of hydrogen-bond donors (Lipinski definition) is 2. The van der Waals surface area contributed by atoms with Gasteiger partial charge in [-0.05, 0) is 35.4 Å². The Kier molecular flexibility index (Phi) is 6.04. The molecule has 0 spiro atoms. The standard InChI is InChI=1S/C15H12N6O5/c22-15(18-16-9-11-1-5-13(6-2-11)20(23)24)19-17-10-12-3-7-14(8-4-12)21(25)26/h1-10H,(H2,18,19,22)/b16-9+,17-10+. The van der Waals surface area contributed by atoms with Crippen LogP contribution < -0.4 is 10.9 Å². The van der Waals surface area contributed by atoms with Crippen molar-refractivity contribution >= 4 is 29.8 Å². The molecule has 0 atom stereocenters. The number of hydrazone groups is 2. The van der Waals surface area contributed by atoms with E-state index in [-0.39, 0.29) is 11.4 Å². The van der Waals surface area contributed by atoms with Crippen LogP contribution in [0.1, 0.15) is 11.1 Å². The molecule has 26 heavy (non-hydrogen) atoms. The lowest BCUT2D eigenvalue weighted by Crippen LogP contribution is -2.28. The molecule has 2 rings (SSSR count). The summed E-state index contributed by atoms with van der Waals surface area (Å²) in [4.78, 5) is 31.5. The second kappa shape index (κ2) is 8.63. The van der Waals surface area contributed by atoms with Crippen LogP contribution in [0.4, 0.5) is 16.2 Å². The van der Waals surface area contributed by atoms with E-state index in [9.17, 15) is 25.0 Å². The molecular formula is C15H12N6O5. The van der Waals surface area contributed by atoms with Crippen molar-refractivity contribution in [3.8, 4) is 0 Å². The van der Waals surface area contributed by atoms with E-state index in [2.05, 4.69) is 21.1 Å². The highest BCUT2D eigenvalue weighted by atomic mass is 16.6. The van der Waals surface area contributed by atoms with Gasteiger partial charge in [0.2, 0.25) is 0 Å². The summed E-state index contributed by atoms with van der Waals surface area (Å²) in [6.07, 6.45) is 2.62. The largest absolute Gasteiger partial charge is 0.355 e. The van der Waals surface area contributed by atoms with E-state index in [1.807, 2.05) is 0 Å². The second-order valence-corrected chi connectivity index (χ2v) is 4.77. The van der Waals surface area contributed by atoms with Gasteiger partial charge >= 0.3 is 6.03 Å². The number of urea groups is 1. The van der Waals surface area contributed by atoms with Gasteiger partial charge in [0.05, 0.1) is 22.3 Å². The molecule has 2 amide bonds. The van der Waals surface area contributed by atoms with Gasteiger partial charge in [-0.25, -0.2) is 15.6 Å². The number of non-ortho nitro benzene ring substituents is 2. The lowest BCUT2D eigenvalue weighted by Gasteiger charge is -1.98. The minimum atomic E-state index is -0.707. The lowest BCUT2D eigenvalue weighted by molar-refractivity contribution is -0.385. The summed E-state index contributed by atoms with van der Waals surface area (Å²) < 4.78 is 0. The fraction of sp³-hybridized carbons (Fsp3) is 0. The summed E-state index contributed by atoms with van der Waals surface area (Å²) >= 11 is 0. The van der Waals surface area contributed by atoms with Crippen LogP contribution in [-0.4, -0.2) is 28.3 Å². The monoisotopic (exact) mass is 356 g/mol. The van der Waals surface area contributed by atoms with Crippen molar-refractivity contribution in [2.75, 3.05) is 0 Å². The topological polar surface area (TPSA) is 152 Å². The van der Waals surface area contributed by atoms with Gasteiger partial charge in [0.25, 0.3) is 11.4 Å². The number of carbonyl (C=O) groups excluding carboxylic acids is 1. The molecule has 11 heteroatoms. The highest BCUT2D eigenvalue weighted by Gasteiger charge is 2.03. The van der Waals surface area contributed by atoms with Crippen molar-refractivity contribution in [1.82, 2.24) is 10.9 Å². The van der Waals surface area contributed by atoms with Gasteiger partial charge in [-0.1, -0.05) is 0 Å². The van der Waals surface area contributed by atoms with Crippen LogP contribution >= 0.6 is 0 Å². The SMILES string of the molecule is O=C(N/N=C/c1ccc([N+](=O)[O-])cc1)N/N=C/c1ccc([N+](=O)[O-])cc1. The van der Waals surface area contributed by atoms with E-state index < -0.39 is 15.9 Å². The number of carbonyl (C=O) groups is 1. The van der Waals surface area contributed by atoms with Crippen molar-refractivity contribution in [2.45, 2.75) is 0 Å². The van der Waals surface area contributed by atoms with Gasteiger partial charge in [-0.3, -0.25) is 20.2 Å². The van der Waals surface area contributed by atoms with Crippen LogP contribution in [0.2, 0.25) is 0 Å². The van der Waals surface area contributed by atoms with Gasteiger partial charge in [-0.15, -0.1) is 0 Å². The van der Waals surface area contributed by atoms with Crippen molar-refractivity contribution in [3.05, 3.63) is 79.9 Å².